The number of nitrogens with one attached hydrogen (secondary N) is 1. The van der Waals surface area contributed by atoms with Gasteiger partial charge in [-0.1, -0.05) is 12.1 Å². The minimum Gasteiger partial charge on any atom is -0.454 e. The van der Waals surface area contributed by atoms with Gasteiger partial charge in [-0.3, -0.25) is 14.6 Å². The molecule has 2 saturated heterocycles. The van der Waals surface area contributed by atoms with Gasteiger partial charge in [-0.2, -0.15) is 0 Å². The quantitative estimate of drug-likeness (QED) is 0.751. The van der Waals surface area contributed by atoms with Crippen molar-refractivity contribution in [1.29, 1.82) is 0 Å². The van der Waals surface area contributed by atoms with Crippen LogP contribution < -0.4 is 14.8 Å². The molecule has 7 heteroatoms. The molecule has 0 unspecified atom stereocenters. The maximum Gasteiger partial charge on any atom is 0.231 e. The molecule has 2 aromatic rings. The second kappa shape index (κ2) is 8.81. The second-order valence-corrected chi connectivity index (χ2v) is 9.08. The summed E-state index contributed by atoms with van der Waals surface area (Å²) in [5, 5.41) is 3.19. The lowest BCUT2D eigenvalue weighted by atomic mass is 9.84. The van der Waals surface area contributed by atoms with E-state index in [2.05, 4.69) is 16.4 Å². The summed E-state index contributed by atoms with van der Waals surface area (Å²) in [6, 6.07) is 10.00. The molecule has 3 aliphatic heterocycles. The first-order valence-corrected chi connectivity index (χ1v) is 11.5. The largest absolute Gasteiger partial charge is 0.454 e. The zero-order valence-corrected chi connectivity index (χ0v) is 18.2. The standard InChI is InChI=1S/C25H29N3O4/c29-23-8-10-25(27-23,15-18-6-7-21-22(14-18)32-17-31-21)11-9-24(30)28-13-2-1-5-20(28)19-4-3-12-26-16-19/h3-4,6-7,12,14,16,20H,1-2,5,8-11,13,15,17H2,(H,27,29)/t20-,25-/m0/s1. The van der Waals surface area contributed by atoms with Crippen LogP contribution in [0.4, 0.5) is 0 Å². The first-order valence-electron chi connectivity index (χ1n) is 11.5. The average molecular weight is 436 g/mol. The van der Waals surface area contributed by atoms with Crippen LogP contribution in [0.3, 0.4) is 0 Å². The van der Waals surface area contributed by atoms with E-state index in [1.54, 1.807) is 6.20 Å². The van der Waals surface area contributed by atoms with E-state index in [1.165, 1.54) is 0 Å². The molecule has 2 amide bonds. The topological polar surface area (TPSA) is 80.8 Å². The van der Waals surface area contributed by atoms with Crippen molar-refractivity contribution in [2.75, 3.05) is 13.3 Å². The zero-order chi connectivity index (χ0) is 22.0. The highest BCUT2D eigenvalue weighted by Crippen LogP contribution is 2.37. The highest BCUT2D eigenvalue weighted by atomic mass is 16.7. The van der Waals surface area contributed by atoms with Gasteiger partial charge in [0.1, 0.15) is 0 Å². The van der Waals surface area contributed by atoms with Crippen LogP contribution in [-0.4, -0.2) is 40.6 Å². The van der Waals surface area contributed by atoms with E-state index in [-0.39, 0.29) is 24.6 Å². The van der Waals surface area contributed by atoms with Gasteiger partial charge in [0.2, 0.25) is 18.6 Å². The van der Waals surface area contributed by atoms with E-state index in [0.29, 0.717) is 25.7 Å². The molecule has 4 heterocycles. The monoisotopic (exact) mass is 435 g/mol. The summed E-state index contributed by atoms with van der Waals surface area (Å²) < 4.78 is 10.9. The van der Waals surface area contributed by atoms with Crippen molar-refractivity contribution >= 4 is 11.8 Å². The molecule has 1 N–H and O–H groups in total. The minimum atomic E-state index is -0.403. The van der Waals surface area contributed by atoms with Crippen molar-refractivity contribution in [2.45, 2.75) is 62.9 Å². The van der Waals surface area contributed by atoms with Crippen molar-refractivity contribution < 1.29 is 19.1 Å². The number of likely N-dealkylation sites (tertiary alicyclic amines) is 1. The Hall–Kier alpha value is -3.09. The molecule has 0 aliphatic carbocycles. The van der Waals surface area contributed by atoms with Crippen LogP contribution >= 0.6 is 0 Å². The number of ether oxygens (including phenoxy) is 2. The number of carbonyl (C=O) groups is 2. The van der Waals surface area contributed by atoms with Crippen LogP contribution in [-0.2, 0) is 16.0 Å². The molecule has 0 saturated carbocycles. The Labute approximate surface area is 188 Å². The normalized spacial score (nSPS) is 24.4. The molecule has 1 aromatic heterocycles. The maximum atomic E-state index is 13.3. The van der Waals surface area contributed by atoms with Gasteiger partial charge in [0.05, 0.1) is 6.04 Å². The lowest BCUT2D eigenvalue weighted by Crippen LogP contribution is -2.45. The van der Waals surface area contributed by atoms with Crippen LogP contribution in [0.1, 0.15) is 62.1 Å². The number of piperidine rings is 1. The second-order valence-electron chi connectivity index (χ2n) is 9.08. The summed E-state index contributed by atoms with van der Waals surface area (Å²) in [5.41, 5.74) is 1.78. The van der Waals surface area contributed by atoms with Gasteiger partial charge in [0.15, 0.2) is 11.5 Å². The summed E-state index contributed by atoms with van der Waals surface area (Å²) in [6.07, 6.45) is 9.71. The maximum absolute atomic E-state index is 13.3. The zero-order valence-electron chi connectivity index (χ0n) is 18.2. The summed E-state index contributed by atoms with van der Waals surface area (Å²) >= 11 is 0. The van der Waals surface area contributed by atoms with Crippen molar-refractivity contribution in [3.63, 3.8) is 0 Å². The third kappa shape index (κ3) is 4.29. The summed E-state index contributed by atoms with van der Waals surface area (Å²) in [4.78, 5) is 31.8. The van der Waals surface area contributed by atoms with E-state index < -0.39 is 5.54 Å². The van der Waals surface area contributed by atoms with Gasteiger partial charge in [0.25, 0.3) is 0 Å². The van der Waals surface area contributed by atoms with E-state index >= 15 is 0 Å². The predicted molar refractivity (Wildman–Crippen MR) is 118 cm³/mol. The van der Waals surface area contributed by atoms with Crippen LogP contribution in [0, 0.1) is 0 Å². The van der Waals surface area contributed by atoms with Crippen molar-refractivity contribution in [1.82, 2.24) is 15.2 Å². The molecule has 3 aliphatic rings. The summed E-state index contributed by atoms with van der Waals surface area (Å²) in [7, 11) is 0. The van der Waals surface area contributed by atoms with Crippen molar-refractivity contribution in [3.05, 3.63) is 53.9 Å². The van der Waals surface area contributed by atoms with Crippen molar-refractivity contribution in [3.8, 4) is 11.5 Å². The number of hydrogen-bond acceptors (Lipinski definition) is 5. The van der Waals surface area contributed by atoms with Gasteiger partial charge in [-0.25, -0.2) is 0 Å². The number of pyridine rings is 1. The van der Waals surface area contributed by atoms with E-state index in [0.717, 1.165) is 54.9 Å². The van der Waals surface area contributed by atoms with Crippen LogP contribution in [0.25, 0.3) is 0 Å². The summed E-state index contributed by atoms with van der Waals surface area (Å²) in [6.45, 7) is 1.02. The first kappa shape index (κ1) is 20.8. The highest BCUT2D eigenvalue weighted by Gasteiger charge is 2.39. The van der Waals surface area contributed by atoms with Gasteiger partial charge >= 0.3 is 0 Å². The van der Waals surface area contributed by atoms with Gasteiger partial charge < -0.3 is 19.7 Å². The Kier molecular flexibility index (Phi) is 5.72. The fourth-order valence-corrected chi connectivity index (χ4v) is 5.26. The number of hydrogen-bond donors (Lipinski definition) is 1. The molecule has 0 radical (unpaired) electrons. The van der Waals surface area contributed by atoms with Crippen LogP contribution in [0.5, 0.6) is 11.5 Å². The fraction of sp³-hybridized carbons (Fsp3) is 0.480. The molecule has 2 fully saturated rings. The Bertz CT molecular complexity index is 996. The Morgan fingerprint density at radius 3 is 2.94 bits per heavy atom. The molecule has 1 aromatic carbocycles. The van der Waals surface area contributed by atoms with Crippen molar-refractivity contribution in [2.24, 2.45) is 0 Å². The molecule has 7 nitrogen and oxygen atoms in total. The van der Waals surface area contributed by atoms with Gasteiger partial charge in [-0.15, -0.1) is 0 Å². The molecular weight excluding hydrogens is 406 g/mol. The highest BCUT2D eigenvalue weighted by molar-refractivity contribution is 5.80. The number of carbonyl (C=O) groups excluding carboxylic acids is 2. The Balaban J connectivity index is 1.29. The fourth-order valence-electron chi connectivity index (χ4n) is 5.26. The third-order valence-electron chi connectivity index (χ3n) is 6.92. The van der Waals surface area contributed by atoms with Gasteiger partial charge in [0, 0.05) is 37.3 Å². The average Bonchev–Trinajstić information content (AvgIpc) is 3.44. The molecule has 168 valence electrons. The first-order chi connectivity index (χ1) is 15.6. The molecular formula is C25H29N3O4. The van der Waals surface area contributed by atoms with Gasteiger partial charge in [-0.05, 0) is 67.9 Å². The number of benzene rings is 1. The molecule has 0 spiro atoms. The predicted octanol–water partition coefficient (Wildman–Crippen LogP) is 3.54. The third-order valence-corrected chi connectivity index (χ3v) is 6.92. The molecule has 0 bridgehead atoms. The number of aromatic nitrogens is 1. The van der Waals surface area contributed by atoms with E-state index in [1.807, 2.05) is 35.4 Å². The summed E-state index contributed by atoms with van der Waals surface area (Å²) in [5.74, 6) is 1.71. The van der Waals surface area contributed by atoms with E-state index in [9.17, 15) is 9.59 Å². The number of fused-ring (bicyclic) bond motifs is 1. The van der Waals surface area contributed by atoms with Crippen LogP contribution in [0.15, 0.2) is 42.7 Å². The van der Waals surface area contributed by atoms with Crippen LogP contribution in [0.2, 0.25) is 0 Å². The SMILES string of the molecule is O=C1CC[C@](CCC(=O)N2CCCC[C@H]2c2cccnc2)(Cc2ccc3c(c2)OCO3)N1. The number of nitrogens with zero attached hydrogens (tertiary/aromatic N) is 2. The number of rotatable bonds is 6. The lowest BCUT2D eigenvalue weighted by molar-refractivity contribution is -0.135. The number of amides is 2. The smallest absolute Gasteiger partial charge is 0.231 e. The Morgan fingerprint density at radius 1 is 1.22 bits per heavy atom. The minimum absolute atomic E-state index is 0.0596. The molecule has 5 rings (SSSR count). The molecule has 32 heavy (non-hydrogen) atoms. The molecule has 2 atom stereocenters. The Morgan fingerprint density at radius 2 is 2.12 bits per heavy atom. The van der Waals surface area contributed by atoms with E-state index in [4.69, 9.17) is 9.47 Å². The lowest BCUT2D eigenvalue weighted by Gasteiger charge is -2.37.